The van der Waals surface area contributed by atoms with Crippen molar-refractivity contribution in [2.45, 2.75) is 25.9 Å². The molecule has 0 saturated carbocycles. The van der Waals surface area contributed by atoms with Gasteiger partial charge in [0.2, 0.25) is 0 Å². The third-order valence-electron chi connectivity index (χ3n) is 6.92. The molecule has 3 aliphatic heterocycles. The third-order valence-corrected chi connectivity index (χ3v) is 7.16. The summed E-state index contributed by atoms with van der Waals surface area (Å²) in [4.78, 5) is 34.3. The molecule has 0 radical (unpaired) electrons. The van der Waals surface area contributed by atoms with Gasteiger partial charge < -0.3 is 14.8 Å². The van der Waals surface area contributed by atoms with Gasteiger partial charge in [0.15, 0.2) is 11.5 Å². The highest BCUT2D eigenvalue weighted by Gasteiger charge is 2.45. The third kappa shape index (κ3) is 3.46. The molecule has 2 aromatic rings. The Labute approximate surface area is 185 Å². The quantitative estimate of drug-likeness (QED) is 0.767. The maximum Gasteiger partial charge on any atom is 0.274 e. The molecule has 1 amide bonds. The number of nitrogens with zero attached hydrogens (tertiary/aromatic N) is 4. The van der Waals surface area contributed by atoms with E-state index >= 15 is 0 Å². The molecule has 1 aromatic heterocycles. The highest BCUT2D eigenvalue weighted by Crippen LogP contribution is 2.36. The second-order valence-corrected chi connectivity index (χ2v) is 9.28. The fraction of sp³-hybridized carbons (Fsp3) is 0.500. The molecule has 31 heavy (non-hydrogen) atoms. The van der Waals surface area contributed by atoms with Crippen LogP contribution >= 0.6 is 11.6 Å². The maximum atomic E-state index is 14.7. The number of benzene rings is 1. The van der Waals surface area contributed by atoms with E-state index in [0.29, 0.717) is 74.2 Å². The number of hydrogen-bond acceptors (Lipinski definition) is 5. The molecule has 0 aliphatic carbocycles. The fourth-order valence-corrected chi connectivity index (χ4v) is 5.14. The van der Waals surface area contributed by atoms with Crippen LogP contribution in [0.5, 0.6) is 0 Å². The molecular weight excluding hydrogens is 421 g/mol. The lowest BCUT2D eigenvalue weighted by Crippen LogP contribution is -2.47. The molecule has 7 nitrogen and oxygen atoms in total. The largest absolute Gasteiger partial charge is 0.337 e. The summed E-state index contributed by atoms with van der Waals surface area (Å²) in [7, 11) is 2.00. The molecule has 1 aromatic carbocycles. The van der Waals surface area contributed by atoms with Crippen molar-refractivity contribution in [2.24, 2.45) is 5.41 Å². The van der Waals surface area contributed by atoms with Crippen molar-refractivity contribution >= 4 is 23.3 Å². The van der Waals surface area contributed by atoms with E-state index in [0.717, 1.165) is 12.2 Å². The Balaban J connectivity index is 1.47. The number of fused-ring (bicyclic) bond motifs is 1. The number of likely N-dealkylation sites (N-methyl/N-ethyl adjacent to an activating group) is 1. The average molecular weight is 446 g/mol. The molecular formula is C22H25ClFN5O2. The van der Waals surface area contributed by atoms with Gasteiger partial charge in [0.25, 0.3) is 5.91 Å². The zero-order valence-corrected chi connectivity index (χ0v) is 18.2. The minimum absolute atomic E-state index is 0.145. The van der Waals surface area contributed by atoms with Crippen LogP contribution in [0.3, 0.4) is 0 Å². The van der Waals surface area contributed by atoms with Crippen LogP contribution < -0.4 is 5.32 Å². The highest BCUT2D eigenvalue weighted by atomic mass is 35.5. The number of carbonyl (C=O) groups is 2. The summed E-state index contributed by atoms with van der Waals surface area (Å²) in [5.74, 6) is 0.115. The van der Waals surface area contributed by atoms with E-state index in [1.165, 1.54) is 6.07 Å². The van der Waals surface area contributed by atoms with E-state index in [1.807, 2.05) is 11.6 Å². The summed E-state index contributed by atoms with van der Waals surface area (Å²) < 4.78 is 16.6. The molecule has 4 heterocycles. The lowest BCUT2D eigenvalue weighted by molar-refractivity contribution is -0.126. The van der Waals surface area contributed by atoms with E-state index in [2.05, 4.69) is 15.2 Å². The molecule has 0 atom stereocenters. The van der Waals surface area contributed by atoms with Gasteiger partial charge in [-0.2, -0.15) is 0 Å². The first-order valence-corrected chi connectivity index (χ1v) is 11.0. The summed E-state index contributed by atoms with van der Waals surface area (Å²) in [6, 6.07) is 4.52. The zero-order valence-electron chi connectivity index (χ0n) is 17.5. The van der Waals surface area contributed by atoms with Gasteiger partial charge in [0.05, 0.1) is 17.8 Å². The number of imidazole rings is 1. The number of halogens is 2. The van der Waals surface area contributed by atoms with E-state index in [4.69, 9.17) is 11.6 Å². The van der Waals surface area contributed by atoms with Crippen molar-refractivity contribution in [3.05, 3.63) is 40.4 Å². The number of amides is 1. The molecule has 1 spiro atoms. The van der Waals surface area contributed by atoms with Crippen LogP contribution in [0.15, 0.2) is 18.2 Å². The van der Waals surface area contributed by atoms with E-state index in [-0.39, 0.29) is 17.1 Å². The van der Waals surface area contributed by atoms with Gasteiger partial charge in [0, 0.05) is 49.7 Å². The van der Waals surface area contributed by atoms with Crippen LogP contribution in [-0.4, -0.2) is 70.8 Å². The Morgan fingerprint density at radius 1 is 1.23 bits per heavy atom. The first-order valence-electron chi connectivity index (χ1n) is 10.6. The van der Waals surface area contributed by atoms with Crippen LogP contribution in [0.25, 0.3) is 11.4 Å². The second-order valence-electron chi connectivity index (χ2n) is 8.84. The topological polar surface area (TPSA) is 70.5 Å². The standard InChI is InChI=1S/C22H25ClFN5O2/c1-27-8-9-29-17(12-27)19(26-20(29)15-3-2-14(23)10-16(15)24)21(31)28-6-4-22(5-7-28)13-25-11-18(22)30/h2-3,10,25H,4-9,11-13H2,1H3. The van der Waals surface area contributed by atoms with Crippen molar-refractivity contribution in [3.8, 4) is 11.4 Å². The van der Waals surface area contributed by atoms with Gasteiger partial charge in [-0.15, -0.1) is 0 Å². The Morgan fingerprint density at radius 3 is 2.68 bits per heavy atom. The number of aromatic nitrogens is 2. The Bertz CT molecular complexity index is 1060. The summed E-state index contributed by atoms with van der Waals surface area (Å²) in [5, 5.41) is 3.49. The summed E-state index contributed by atoms with van der Waals surface area (Å²) in [5.41, 5.74) is 1.20. The van der Waals surface area contributed by atoms with Gasteiger partial charge in [0.1, 0.15) is 11.6 Å². The predicted molar refractivity (Wildman–Crippen MR) is 114 cm³/mol. The minimum Gasteiger partial charge on any atom is -0.337 e. The molecule has 2 saturated heterocycles. The number of ketones is 1. The maximum absolute atomic E-state index is 14.7. The molecule has 5 rings (SSSR count). The van der Waals surface area contributed by atoms with Gasteiger partial charge in [-0.1, -0.05) is 11.6 Å². The van der Waals surface area contributed by atoms with Crippen molar-refractivity contribution < 1.29 is 14.0 Å². The lowest BCUT2D eigenvalue weighted by atomic mass is 9.77. The number of likely N-dealkylation sites (tertiary alicyclic amines) is 1. The van der Waals surface area contributed by atoms with Gasteiger partial charge in [-0.3, -0.25) is 14.5 Å². The fourth-order valence-electron chi connectivity index (χ4n) is 4.99. The predicted octanol–water partition coefficient (Wildman–Crippen LogP) is 2.18. The summed E-state index contributed by atoms with van der Waals surface area (Å²) in [6.45, 7) is 4.16. The molecule has 2 fully saturated rings. The first kappa shape index (κ1) is 20.6. The van der Waals surface area contributed by atoms with Crippen molar-refractivity contribution in [2.75, 3.05) is 39.8 Å². The smallest absolute Gasteiger partial charge is 0.274 e. The number of nitrogens with one attached hydrogen (secondary N) is 1. The van der Waals surface area contributed by atoms with Crippen molar-refractivity contribution in [1.29, 1.82) is 0 Å². The van der Waals surface area contributed by atoms with Crippen LogP contribution in [0.2, 0.25) is 5.02 Å². The molecule has 0 unspecified atom stereocenters. The first-order chi connectivity index (χ1) is 14.9. The summed E-state index contributed by atoms with van der Waals surface area (Å²) >= 11 is 5.92. The van der Waals surface area contributed by atoms with E-state index in [1.54, 1.807) is 17.0 Å². The normalized spacial score (nSPS) is 21.0. The van der Waals surface area contributed by atoms with Gasteiger partial charge in [-0.05, 0) is 38.1 Å². The van der Waals surface area contributed by atoms with Crippen LogP contribution in [-0.2, 0) is 17.9 Å². The second kappa shape index (κ2) is 7.69. The Hall–Kier alpha value is -2.29. The number of hydrogen-bond donors (Lipinski definition) is 1. The lowest BCUT2D eigenvalue weighted by Gasteiger charge is -2.37. The SMILES string of the molecule is CN1CCn2c(-c3ccc(Cl)cc3F)nc(C(=O)N3CCC4(CC3)CNCC4=O)c2C1. The zero-order chi connectivity index (χ0) is 21.8. The highest BCUT2D eigenvalue weighted by molar-refractivity contribution is 6.30. The van der Waals surface area contributed by atoms with E-state index < -0.39 is 5.82 Å². The van der Waals surface area contributed by atoms with Crippen molar-refractivity contribution in [3.63, 3.8) is 0 Å². The molecule has 9 heteroatoms. The average Bonchev–Trinajstić information content (AvgIpc) is 3.29. The number of piperidine rings is 1. The molecule has 3 aliphatic rings. The van der Waals surface area contributed by atoms with E-state index in [9.17, 15) is 14.0 Å². The molecule has 1 N–H and O–H groups in total. The minimum atomic E-state index is -0.453. The monoisotopic (exact) mass is 445 g/mol. The van der Waals surface area contributed by atoms with Crippen LogP contribution in [0, 0.1) is 11.2 Å². The van der Waals surface area contributed by atoms with Gasteiger partial charge >= 0.3 is 0 Å². The summed E-state index contributed by atoms with van der Waals surface area (Å²) in [6.07, 6.45) is 1.33. The van der Waals surface area contributed by atoms with Crippen molar-refractivity contribution in [1.82, 2.24) is 24.7 Å². The Morgan fingerprint density at radius 2 is 2.00 bits per heavy atom. The number of rotatable bonds is 2. The van der Waals surface area contributed by atoms with Gasteiger partial charge in [-0.25, -0.2) is 9.37 Å². The molecule has 164 valence electrons. The number of carbonyl (C=O) groups excluding carboxylic acids is 2. The number of Topliss-reactive ketones (excluding diaryl/α,β-unsaturated/α-hetero) is 1. The Kier molecular flexibility index (Phi) is 5.11. The molecule has 0 bridgehead atoms. The van der Waals surface area contributed by atoms with Crippen LogP contribution in [0.4, 0.5) is 4.39 Å². The van der Waals surface area contributed by atoms with Crippen LogP contribution in [0.1, 0.15) is 29.0 Å².